The molecule has 0 atom stereocenters. The lowest BCUT2D eigenvalue weighted by Gasteiger charge is -2.13. The Morgan fingerprint density at radius 1 is 1.33 bits per heavy atom. The normalized spacial score (nSPS) is 11.8. The van der Waals surface area contributed by atoms with Gasteiger partial charge in [0.15, 0.2) is 0 Å². The van der Waals surface area contributed by atoms with Gasteiger partial charge in [-0.15, -0.1) is 0 Å². The Labute approximate surface area is 114 Å². The molecule has 4 heteroatoms. The Hall–Kier alpha value is -1.55. The van der Waals surface area contributed by atoms with E-state index in [0.29, 0.717) is 0 Å². The molecule has 98 valence electrons. The Morgan fingerprint density at radius 3 is 2.61 bits per heavy atom. The van der Waals surface area contributed by atoms with Gasteiger partial charge in [-0.05, 0) is 50.4 Å². The topological polar surface area (TPSA) is 50.1 Å². The zero-order valence-corrected chi connectivity index (χ0v) is 12.2. The Kier molecular flexibility index (Phi) is 5.16. The molecular formula is C14H21N3S. The third-order valence-corrected chi connectivity index (χ3v) is 3.78. The summed E-state index contributed by atoms with van der Waals surface area (Å²) in [5.74, 6) is 0. The third-order valence-electron chi connectivity index (χ3n) is 2.82. The first kappa shape index (κ1) is 14.5. The van der Waals surface area contributed by atoms with E-state index in [-0.39, 0.29) is 0 Å². The highest BCUT2D eigenvalue weighted by molar-refractivity contribution is 8.01. The number of benzene rings is 1. The Balaban J connectivity index is 2.75. The van der Waals surface area contributed by atoms with Crippen molar-refractivity contribution in [2.75, 3.05) is 12.8 Å². The minimum absolute atomic E-state index is 0.752. The molecule has 18 heavy (non-hydrogen) atoms. The van der Waals surface area contributed by atoms with E-state index >= 15 is 0 Å². The van der Waals surface area contributed by atoms with E-state index in [1.807, 2.05) is 39.1 Å². The molecule has 4 N–H and O–H groups in total. The first-order chi connectivity index (χ1) is 8.45. The molecule has 1 aromatic rings. The molecule has 0 saturated carbocycles. The quantitative estimate of drug-likeness (QED) is 0.564. The number of anilines is 1. The molecule has 1 aromatic carbocycles. The summed E-state index contributed by atoms with van der Waals surface area (Å²) < 4.78 is 3.25. The van der Waals surface area contributed by atoms with E-state index in [1.54, 1.807) is 11.9 Å². The lowest BCUT2D eigenvalue weighted by Crippen LogP contribution is -2.07. The molecule has 0 amide bonds. The minimum Gasteiger partial charge on any atom is -0.399 e. The van der Waals surface area contributed by atoms with Crippen LogP contribution in [-0.4, -0.2) is 7.05 Å². The van der Waals surface area contributed by atoms with E-state index in [9.17, 15) is 0 Å². The average molecular weight is 263 g/mol. The third kappa shape index (κ3) is 3.74. The molecule has 0 unspecified atom stereocenters. The number of allylic oxidation sites excluding steroid dienone is 2. The first-order valence-electron chi connectivity index (χ1n) is 5.79. The highest BCUT2D eigenvalue weighted by Crippen LogP contribution is 2.23. The summed E-state index contributed by atoms with van der Waals surface area (Å²) >= 11 is 1.55. The van der Waals surface area contributed by atoms with Crippen molar-refractivity contribution in [3.8, 4) is 0 Å². The van der Waals surface area contributed by atoms with Gasteiger partial charge in [0.25, 0.3) is 0 Å². The molecule has 0 radical (unpaired) electrons. The van der Waals surface area contributed by atoms with Gasteiger partial charge in [0.05, 0.1) is 0 Å². The number of rotatable bonds is 5. The lowest BCUT2D eigenvalue weighted by molar-refractivity contribution is 0.979. The van der Waals surface area contributed by atoms with Crippen LogP contribution in [0.2, 0.25) is 0 Å². The second-order valence-corrected chi connectivity index (χ2v) is 5.21. The maximum atomic E-state index is 5.80. The molecular weight excluding hydrogens is 242 g/mol. The van der Waals surface area contributed by atoms with Gasteiger partial charge in [0.2, 0.25) is 0 Å². The van der Waals surface area contributed by atoms with Crippen molar-refractivity contribution in [1.82, 2.24) is 10.0 Å². The van der Waals surface area contributed by atoms with Gasteiger partial charge in [-0.25, -0.2) is 0 Å². The summed E-state index contributed by atoms with van der Waals surface area (Å²) in [6, 6.07) is 5.84. The van der Waals surface area contributed by atoms with E-state index in [1.165, 1.54) is 4.91 Å². The Morgan fingerprint density at radius 2 is 2.00 bits per heavy atom. The van der Waals surface area contributed by atoms with Crippen molar-refractivity contribution in [2.24, 2.45) is 0 Å². The van der Waals surface area contributed by atoms with Gasteiger partial charge in [-0.3, -0.25) is 0 Å². The summed E-state index contributed by atoms with van der Waals surface area (Å²) in [6.07, 6.45) is 0. The van der Waals surface area contributed by atoms with Gasteiger partial charge < -0.3 is 15.8 Å². The van der Waals surface area contributed by atoms with Gasteiger partial charge in [-0.1, -0.05) is 12.6 Å². The van der Waals surface area contributed by atoms with Crippen LogP contribution in [0.25, 0.3) is 5.70 Å². The molecule has 0 aliphatic heterocycles. The molecule has 0 fully saturated rings. The zero-order valence-electron chi connectivity index (χ0n) is 11.4. The van der Waals surface area contributed by atoms with Crippen LogP contribution < -0.4 is 15.8 Å². The van der Waals surface area contributed by atoms with E-state index in [2.05, 4.69) is 23.5 Å². The largest absolute Gasteiger partial charge is 0.399 e. The standard InChI is InChI=1S/C14H21N3S/c1-9-6-7-13(15)8-14(9)11(3)17-18-12(4)10(2)16-5/h6-8,16-17H,3,15H2,1-2,4-5H3/b12-10-. The number of nitrogens with one attached hydrogen (secondary N) is 2. The average Bonchev–Trinajstić information content (AvgIpc) is 2.37. The van der Waals surface area contributed by atoms with Crippen molar-refractivity contribution in [1.29, 1.82) is 0 Å². The van der Waals surface area contributed by atoms with Gasteiger partial charge in [0.1, 0.15) is 0 Å². The molecule has 0 aromatic heterocycles. The predicted molar refractivity (Wildman–Crippen MR) is 82.8 cm³/mol. The van der Waals surface area contributed by atoms with Crippen molar-refractivity contribution >= 4 is 23.3 Å². The minimum atomic E-state index is 0.752. The highest BCUT2D eigenvalue weighted by atomic mass is 32.2. The number of hydrogen-bond donors (Lipinski definition) is 3. The molecule has 0 aliphatic rings. The smallest absolute Gasteiger partial charge is 0.0447 e. The maximum absolute atomic E-state index is 5.80. The van der Waals surface area contributed by atoms with Gasteiger partial charge >= 0.3 is 0 Å². The zero-order chi connectivity index (χ0) is 13.7. The van der Waals surface area contributed by atoms with Crippen LogP contribution >= 0.6 is 11.9 Å². The monoisotopic (exact) mass is 263 g/mol. The molecule has 0 saturated heterocycles. The maximum Gasteiger partial charge on any atom is 0.0447 e. The molecule has 1 rings (SSSR count). The first-order valence-corrected chi connectivity index (χ1v) is 6.61. The van der Waals surface area contributed by atoms with Crippen LogP contribution in [0.4, 0.5) is 5.69 Å². The summed E-state index contributed by atoms with van der Waals surface area (Å²) in [7, 11) is 1.91. The van der Waals surface area contributed by atoms with E-state index < -0.39 is 0 Å². The summed E-state index contributed by atoms with van der Waals surface area (Å²) in [5.41, 5.74) is 10.8. The number of aryl methyl sites for hydroxylation is 1. The van der Waals surface area contributed by atoms with E-state index in [0.717, 1.165) is 28.2 Å². The van der Waals surface area contributed by atoms with Gasteiger partial charge in [0, 0.05) is 34.6 Å². The lowest BCUT2D eigenvalue weighted by atomic mass is 10.1. The highest BCUT2D eigenvalue weighted by Gasteiger charge is 2.04. The van der Waals surface area contributed by atoms with Crippen LogP contribution in [-0.2, 0) is 0 Å². The number of hydrogen-bond acceptors (Lipinski definition) is 4. The van der Waals surface area contributed by atoms with Crippen LogP contribution in [0.3, 0.4) is 0 Å². The molecule has 3 nitrogen and oxygen atoms in total. The molecule has 0 bridgehead atoms. The van der Waals surface area contributed by atoms with Crippen molar-refractivity contribution in [3.63, 3.8) is 0 Å². The fourth-order valence-corrected chi connectivity index (χ4v) is 2.05. The Bertz CT molecular complexity index is 478. The number of nitrogen functional groups attached to an aromatic ring is 1. The van der Waals surface area contributed by atoms with Gasteiger partial charge in [-0.2, -0.15) is 0 Å². The fraction of sp³-hybridized carbons (Fsp3) is 0.286. The van der Waals surface area contributed by atoms with Crippen LogP contribution in [0, 0.1) is 6.92 Å². The predicted octanol–water partition coefficient (Wildman–Crippen LogP) is 3.26. The summed E-state index contributed by atoms with van der Waals surface area (Å²) in [5, 5.41) is 3.12. The van der Waals surface area contributed by atoms with Crippen LogP contribution in [0.1, 0.15) is 25.0 Å². The van der Waals surface area contributed by atoms with E-state index in [4.69, 9.17) is 5.73 Å². The summed E-state index contributed by atoms with van der Waals surface area (Å²) in [6.45, 7) is 10.2. The molecule has 0 spiro atoms. The van der Waals surface area contributed by atoms with Crippen LogP contribution in [0.15, 0.2) is 35.4 Å². The van der Waals surface area contributed by atoms with Crippen molar-refractivity contribution < 1.29 is 0 Å². The number of nitrogens with two attached hydrogens (primary N) is 1. The van der Waals surface area contributed by atoms with Crippen molar-refractivity contribution in [2.45, 2.75) is 20.8 Å². The van der Waals surface area contributed by atoms with Crippen molar-refractivity contribution in [3.05, 3.63) is 46.5 Å². The fourth-order valence-electron chi connectivity index (χ4n) is 1.41. The second kappa shape index (κ2) is 6.40. The molecule has 0 aliphatic carbocycles. The SMILES string of the molecule is C=C(NS/C(C)=C(/C)NC)c1cc(N)ccc1C. The second-order valence-electron chi connectivity index (χ2n) is 4.19. The summed E-state index contributed by atoms with van der Waals surface area (Å²) in [4.78, 5) is 1.18. The molecule has 0 heterocycles. The van der Waals surface area contributed by atoms with Crippen LogP contribution in [0.5, 0.6) is 0 Å².